The highest BCUT2D eigenvalue weighted by atomic mass is 32.2. The second-order valence-electron chi connectivity index (χ2n) is 5.72. The molecule has 1 aliphatic rings. The fraction of sp³-hybridized carbons (Fsp3) is 0.533. The number of nitrogens with zero attached hydrogens (tertiary/aromatic N) is 1. The van der Waals surface area contributed by atoms with Crippen molar-refractivity contribution in [1.29, 1.82) is 0 Å². The van der Waals surface area contributed by atoms with Crippen LogP contribution in [0.15, 0.2) is 18.2 Å². The molecule has 0 fully saturated rings. The third-order valence-corrected chi connectivity index (χ3v) is 5.46. The summed E-state index contributed by atoms with van der Waals surface area (Å²) in [7, 11) is -3.28. The van der Waals surface area contributed by atoms with Crippen molar-refractivity contribution in [3.63, 3.8) is 0 Å². The second-order valence-corrected chi connectivity index (χ2v) is 7.86. The highest BCUT2D eigenvalue weighted by Gasteiger charge is 2.34. The Morgan fingerprint density at radius 1 is 1.43 bits per heavy atom. The molecule has 0 saturated carbocycles. The molecule has 0 radical (unpaired) electrons. The van der Waals surface area contributed by atoms with Crippen molar-refractivity contribution in [2.45, 2.75) is 46.2 Å². The minimum Gasteiger partial charge on any atom is -0.350 e. The molecule has 0 spiro atoms. The molecule has 0 aromatic heterocycles. The lowest BCUT2D eigenvalue weighted by atomic mass is 10.1. The smallest absolute Gasteiger partial charge is 0.251 e. The van der Waals surface area contributed by atoms with E-state index in [9.17, 15) is 13.2 Å². The number of benzene rings is 1. The second kappa shape index (κ2) is 5.67. The molecule has 5 nitrogen and oxygen atoms in total. The lowest BCUT2D eigenvalue weighted by Gasteiger charge is -2.23. The summed E-state index contributed by atoms with van der Waals surface area (Å²) < 4.78 is 25.8. The summed E-state index contributed by atoms with van der Waals surface area (Å²) in [6, 6.07) is 5.19. The van der Waals surface area contributed by atoms with Crippen LogP contribution in [0.4, 0.5) is 5.69 Å². The van der Waals surface area contributed by atoms with Gasteiger partial charge in [-0.3, -0.25) is 9.10 Å². The molecule has 0 bridgehead atoms. The van der Waals surface area contributed by atoms with Crippen LogP contribution >= 0.6 is 0 Å². The van der Waals surface area contributed by atoms with Gasteiger partial charge in [0.2, 0.25) is 10.0 Å². The topological polar surface area (TPSA) is 66.5 Å². The number of fused-ring (bicyclic) bond motifs is 1. The maximum atomic E-state index is 12.2. The molecule has 1 aromatic rings. The zero-order valence-electron chi connectivity index (χ0n) is 12.9. The predicted molar refractivity (Wildman–Crippen MR) is 84.2 cm³/mol. The van der Waals surface area contributed by atoms with E-state index in [2.05, 4.69) is 5.32 Å². The molecule has 6 heteroatoms. The van der Waals surface area contributed by atoms with E-state index in [1.165, 1.54) is 4.31 Å². The summed E-state index contributed by atoms with van der Waals surface area (Å²) in [5.41, 5.74) is 2.19. The summed E-state index contributed by atoms with van der Waals surface area (Å²) in [5, 5.41) is 2.84. The SMILES string of the molecule is CCS(=O)(=O)N1c2ccc(C(=O)NC(C)C)cc2C[C@@H]1C. The quantitative estimate of drug-likeness (QED) is 0.924. The Morgan fingerprint density at radius 3 is 2.67 bits per heavy atom. The standard InChI is InChI=1S/C15H22N2O3S/c1-5-21(19,20)17-11(4)8-13-9-12(6-7-14(13)17)15(18)16-10(2)3/h6-7,9-11H,5,8H2,1-4H3,(H,16,18)/t11-/m0/s1. The van der Waals surface area contributed by atoms with Crippen LogP contribution in [0.1, 0.15) is 43.6 Å². The third kappa shape index (κ3) is 3.05. The molecule has 1 heterocycles. The van der Waals surface area contributed by atoms with E-state index in [0.717, 1.165) is 5.56 Å². The van der Waals surface area contributed by atoms with Gasteiger partial charge in [-0.2, -0.15) is 0 Å². The van der Waals surface area contributed by atoms with Gasteiger partial charge >= 0.3 is 0 Å². The van der Waals surface area contributed by atoms with Crippen molar-refractivity contribution in [2.24, 2.45) is 0 Å². The Kier molecular flexibility index (Phi) is 4.27. The van der Waals surface area contributed by atoms with Gasteiger partial charge in [-0.05, 0) is 57.9 Å². The first-order chi connectivity index (χ1) is 9.76. The van der Waals surface area contributed by atoms with Crippen LogP contribution in [-0.2, 0) is 16.4 Å². The highest BCUT2D eigenvalue weighted by molar-refractivity contribution is 7.92. The third-order valence-electron chi connectivity index (χ3n) is 3.58. The number of rotatable bonds is 4. The summed E-state index contributed by atoms with van der Waals surface area (Å²) in [6.07, 6.45) is 0.636. The predicted octanol–water partition coefficient (Wildman–Crippen LogP) is 1.93. The van der Waals surface area contributed by atoms with E-state index >= 15 is 0 Å². The zero-order chi connectivity index (χ0) is 15.8. The van der Waals surface area contributed by atoms with Crippen molar-refractivity contribution in [1.82, 2.24) is 5.32 Å². The summed E-state index contributed by atoms with van der Waals surface area (Å²) in [5.74, 6) is -0.0518. The first-order valence-corrected chi connectivity index (χ1v) is 8.83. The van der Waals surface area contributed by atoms with Gasteiger partial charge in [-0.15, -0.1) is 0 Å². The van der Waals surface area contributed by atoms with Gasteiger partial charge in [-0.1, -0.05) is 0 Å². The molecule has 21 heavy (non-hydrogen) atoms. The van der Waals surface area contributed by atoms with E-state index < -0.39 is 10.0 Å². The van der Waals surface area contributed by atoms with Crippen molar-refractivity contribution >= 4 is 21.6 Å². The number of amides is 1. The van der Waals surface area contributed by atoms with Crippen LogP contribution in [0.3, 0.4) is 0 Å². The zero-order valence-corrected chi connectivity index (χ0v) is 13.7. The summed E-state index contributed by atoms with van der Waals surface area (Å²) in [6.45, 7) is 7.34. The Morgan fingerprint density at radius 2 is 2.10 bits per heavy atom. The van der Waals surface area contributed by atoms with Crippen LogP contribution < -0.4 is 9.62 Å². The Labute approximate surface area is 126 Å². The lowest BCUT2D eigenvalue weighted by molar-refractivity contribution is 0.0943. The maximum absolute atomic E-state index is 12.2. The van der Waals surface area contributed by atoms with Gasteiger partial charge in [0.25, 0.3) is 5.91 Å². The van der Waals surface area contributed by atoms with Crippen LogP contribution in [0.25, 0.3) is 0 Å². The van der Waals surface area contributed by atoms with Crippen molar-refractivity contribution in [3.05, 3.63) is 29.3 Å². The molecule has 116 valence electrons. The van der Waals surface area contributed by atoms with E-state index in [1.807, 2.05) is 20.8 Å². The highest BCUT2D eigenvalue weighted by Crippen LogP contribution is 2.35. The maximum Gasteiger partial charge on any atom is 0.251 e. The monoisotopic (exact) mass is 310 g/mol. The normalized spacial score (nSPS) is 18.0. The minimum absolute atomic E-state index is 0.0710. The Bertz CT molecular complexity index is 653. The molecule has 1 aromatic carbocycles. The molecular formula is C15H22N2O3S. The number of hydrogen-bond donors (Lipinski definition) is 1. The van der Waals surface area contributed by atoms with Gasteiger partial charge < -0.3 is 5.32 Å². The Balaban J connectivity index is 2.36. The molecular weight excluding hydrogens is 288 g/mol. The van der Waals surface area contributed by atoms with Crippen LogP contribution in [0, 0.1) is 0 Å². The van der Waals surface area contributed by atoms with Gasteiger partial charge in [-0.25, -0.2) is 8.42 Å². The average Bonchev–Trinajstić information content (AvgIpc) is 2.73. The number of anilines is 1. The molecule has 0 unspecified atom stereocenters. The largest absolute Gasteiger partial charge is 0.350 e. The number of carbonyl (C=O) groups excluding carboxylic acids is 1. The van der Waals surface area contributed by atoms with Gasteiger partial charge in [0.15, 0.2) is 0 Å². The van der Waals surface area contributed by atoms with Crippen molar-refractivity contribution in [3.8, 4) is 0 Å². The molecule has 1 N–H and O–H groups in total. The van der Waals surface area contributed by atoms with Crippen molar-refractivity contribution in [2.75, 3.05) is 10.1 Å². The van der Waals surface area contributed by atoms with Crippen LogP contribution in [0.5, 0.6) is 0 Å². The van der Waals surface area contributed by atoms with Crippen LogP contribution in [0.2, 0.25) is 0 Å². The number of carbonyl (C=O) groups is 1. The minimum atomic E-state index is -3.28. The molecule has 2 rings (SSSR count). The molecule has 1 amide bonds. The summed E-state index contributed by atoms with van der Waals surface area (Å²) in [4.78, 5) is 12.0. The van der Waals surface area contributed by atoms with Gasteiger partial charge in [0.05, 0.1) is 11.4 Å². The number of sulfonamides is 1. The molecule has 0 aliphatic carbocycles. The fourth-order valence-corrected chi connectivity index (χ4v) is 4.03. The van der Waals surface area contributed by atoms with E-state index in [-0.39, 0.29) is 23.7 Å². The Hall–Kier alpha value is -1.56. The molecule has 0 saturated heterocycles. The summed E-state index contributed by atoms with van der Waals surface area (Å²) >= 11 is 0. The molecule has 1 aliphatic heterocycles. The fourth-order valence-electron chi connectivity index (χ4n) is 2.65. The molecule has 1 atom stereocenters. The first kappa shape index (κ1) is 15.8. The van der Waals surface area contributed by atoms with E-state index in [0.29, 0.717) is 17.7 Å². The number of nitrogens with one attached hydrogen (secondary N) is 1. The number of hydrogen-bond acceptors (Lipinski definition) is 3. The van der Waals surface area contributed by atoms with E-state index in [1.54, 1.807) is 25.1 Å². The first-order valence-electron chi connectivity index (χ1n) is 7.22. The van der Waals surface area contributed by atoms with E-state index in [4.69, 9.17) is 0 Å². The van der Waals surface area contributed by atoms with Gasteiger partial charge in [0, 0.05) is 17.6 Å². The lowest BCUT2D eigenvalue weighted by Crippen LogP contribution is -2.36. The average molecular weight is 310 g/mol. The van der Waals surface area contributed by atoms with Crippen LogP contribution in [-0.4, -0.2) is 32.2 Å². The van der Waals surface area contributed by atoms with Crippen molar-refractivity contribution < 1.29 is 13.2 Å². The van der Waals surface area contributed by atoms with Gasteiger partial charge in [0.1, 0.15) is 0 Å².